The van der Waals surface area contributed by atoms with Gasteiger partial charge in [-0.3, -0.25) is 0 Å². The van der Waals surface area contributed by atoms with Gasteiger partial charge in [0.05, 0.1) is 12.7 Å². The monoisotopic (exact) mass is 303 g/mol. The number of aliphatic hydroxyl groups excluding tert-OH is 1. The number of ether oxygens (including phenoxy) is 1. The molecule has 1 fully saturated rings. The number of benzene rings is 1. The van der Waals surface area contributed by atoms with E-state index in [0.29, 0.717) is 18.0 Å². The highest BCUT2D eigenvalue weighted by Gasteiger charge is 2.27. The van der Waals surface area contributed by atoms with Crippen LogP contribution in [0.4, 0.5) is 0 Å². The summed E-state index contributed by atoms with van der Waals surface area (Å²) in [6.07, 6.45) is 6.16. The standard InChI is InChI=1S/C19H29NO2/c1-13(2)16-5-3-6-17-18(7-4-12-22-19(16)17)20-14-8-10-15(21)11-9-14/h3,5-6,13-15,18,20-21H,4,7-12H2,1-2H3. The van der Waals surface area contributed by atoms with Crippen LogP contribution >= 0.6 is 0 Å². The molecule has 3 nitrogen and oxygen atoms in total. The highest BCUT2D eigenvalue weighted by Crippen LogP contribution is 2.38. The lowest BCUT2D eigenvalue weighted by atomic mass is 9.90. The van der Waals surface area contributed by atoms with Gasteiger partial charge in [-0.05, 0) is 50.0 Å². The minimum absolute atomic E-state index is 0.0876. The van der Waals surface area contributed by atoms with Crippen molar-refractivity contribution in [3.05, 3.63) is 29.3 Å². The summed E-state index contributed by atoms with van der Waals surface area (Å²) < 4.78 is 6.10. The zero-order chi connectivity index (χ0) is 15.5. The Balaban J connectivity index is 1.80. The molecule has 0 bridgehead atoms. The van der Waals surface area contributed by atoms with Gasteiger partial charge >= 0.3 is 0 Å². The molecule has 1 aromatic rings. The number of hydrogen-bond donors (Lipinski definition) is 2. The number of para-hydroxylation sites is 1. The van der Waals surface area contributed by atoms with Crippen LogP contribution in [0.2, 0.25) is 0 Å². The van der Waals surface area contributed by atoms with Crippen LogP contribution in [0.15, 0.2) is 18.2 Å². The molecule has 3 rings (SSSR count). The molecule has 1 heterocycles. The van der Waals surface area contributed by atoms with Gasteiger partial charge in [-0.25, -0.2) is 0 Å². The summed E-state index contributed by atoms with van der Waals surface area (Å²) in [6.45, 7) is 5.28. The van der Waals surface area contributed by atoms with Crippen LogP contribution < -0.4 is 10.1 Å². The van der Waals surface area contributed by atoms with E-state index >= 15 is 0 Å². The predicted octanol–water partition coefficient (Wildman–Crippen LogP) is 3.92. The molecule has 1 atom stereocenters. The molecule has 122 valence electrons. The molecule has 2 N–H and O–H groups in total. The maximum absolute atomic E-state index is 9.69. The summed E-state index contributed by atoms with van der Waals surface area (Å²) in [4.78, 5) is 0. The van der Waals surface area contributed by atoms with Crippen molar-refractivity contribution in [2.75, 3.05) is 6.61 Å². The fraction of sp³-hybridized carbons (Fsp3) is 0.684. The molecule has 0 saturated heterocycles. The van der Waals surface area contributed by atoms with Crippen LogP contribution in [-0.4, -0.2) is 23.9 Å². The maximum Gasteiger partial charge on any atom is 0.127 e. The first-order valence-corrected chi connectivity index (χ1v) is 8.85. The lowest BCUT2D eigenvalue weighted by Crippen LogP contribution is -2.37. The van der Waals surface area contributed by atoms with Gasteiger partial charge in [-0.1, -0.05) is 32.0 Å². The number of nitrogens with one attached hydrogen (secondary N) is 1. The Morgan fingerprint density at radius 2 is 1.91 bits per heavy atom. The number of rotatable bonds is 3. The fourth-order valence-electron chi connectivity index (χ4n) is 3.79. The van der Waals surface area contributed by atoms with Crippen molar-refractivity contribution in [3.8, 4) is 5.75 Å². The van der Waals surface area contributed by atoms with Crippen LogP contribution in [0.25, 0.3) is 0 Å². The topological polar surface area (TPSA) is 41.5 Å². The molecule has 0 radical (unpaired) electrons. The van der Waals surface area contributed by atoms with E-state index in [1.54, 1.807) is 0 Å². The third-order valence-electron chi connectivity index (χ3n) is 5.09. The van der Waals surface area contributed by atoms with E-state index in [2.05, 4.69) is 37.4 Å². The average molecular weight is 303 g/mol. The van der Waals surface area contributed by atoms with Crippen molar-refractivity contribution in [2.24, 2.45) is 0 Å². The molecule has 0 spiro atoms. The van der Waals surface area contributed by atoms with Crippen LogP contribution in [0, 0.1) is 0 Å². The van der Waals surface area contributed by atoms with Gasteiger partial charge in [0, 0.05) is 17.6 Å². The van der Waals surface area contributed by atoms with Crippen molar-refractivity contribution in [2.45, 2.75) is 76.5 Å². The van der Waals surface area contributed by atoms with Crippen molar-refractivity contribution < 1.29 is 9.84 Å². The van der Waals surface area contributed by atoms with E-state index in [1.807, 2.05) is 0 Å². The second-order valence-electron chi connectivity index (χ2n) is 7.14. The second kappa shape index (κ2) is 7.01. The van der Waals surface area contributed by atoms with E-state index in [9.17, 15) is 5.11 Å². The largest absolute Gasteiger partial charge is 0.493 e. The fourth-order valence-corrected chi connectivity index (χ4v) is 3.79. The quantitative estimate of drug-likeness (QED) is 0.889. The first-order valence-electron chi connectivity index (χ1n) is 8.85. The van der Waals surface area contributed by atoms with Gasteiger partial charge in [-0.15, -0.1) is 0 Å². The van der Waals surface area contributed by atoms with Crippen molar-refractivity contribution >= 4 is 0 Å². The molecule has 1 saturated carbocycles. The first-order chi connectivity index (χ1) is 10.6. The van der Waals surface area contributed by atoms with Gasteiger partial charge in [0.25, 0.3) is 0 Å². The Bertz CT molecular complexity index is 492. The van der Waals surface area contributed by atoms with E-state index < -0.39 is 0 Å². The molecule has 1 aromatic carbocycles. The molecule has 1 aliphatic heterocycles. The van der Waals surface area contributed by atoms with E-state index in [-0.39, 0.29) is 6.10 Å². The number of fused-ring (bicyclic) bond motifs is 1. The van der Waals surface area contributed by atoms with Crippen LogP contribution in [0.5, 0.6) is 5.75 Å². The predicted molar refractivity (Wildman–Crippen MR) is 89.4 cm³/mol. The van der Waals surface area contributed by atoms with E-state index in [0.717, 1.165) is 50.9 Å². The molecule has 0 amide bonds. The molecule has 22 heavy (non-hydrogen) atoms. The summed E-state index contributed by atoms with van der Waals surface area (Å²) >= 11 is 0. The Hall–Kier alpha value is -1.06. The molecule has 1 unspecified atom stereocenters. The smallest absolute Gasteiger partial charge is 0.127 e. The molecular weight excluding hydrogens is 274 g/mol. The second-order valence-corrected chi connectivity index (χ2v) is 7.14. The normalized spacial score (nSPS) is 28.8. The zero-order valence-corrected chi connectivity index (χ0v) is 13.8. The zero-order valence-electron chi connectivity index (χ0n) is 13.8. The van der Waals surface area contributed by atoms with Crippen LogP contribution in [-0.2, 0) is 0 Å². The Labute approximate surface area is 134 Å². The van der Waals surface area contributed by atoms with Gasteiger partial charge in [-0.2, -0.15) is 0 Å². The number of hydrogen-bond acceptors (Lipinski definition) is 3. The van der Waals surface area contributed by atoms with Crippen molar-refractivity contribution in [1.29, 1.82) is 0 Å². The van der Waals surface area contributed by atoms with Crippen molar-refractivity contribution in [1.82, 2.24) is 5.32 Å². The Morgan fingerprint density at radius 3 is 2.64 bits per heavy atom. The summed E-state index contributed by atoms with van der Waals surface area (Å²) in [6, 6.07) is 7.51. The van der Waals surface area contributed by atoms with Gasteiger partial charge in [0.2, 0.25) is 0 Å². The highest BCUT2D eigenvalue weighted by atomic mass is 16.5. The lowest BCUT2D eigenvalue weighted by Gasteiger charge is -2.31. The van der Waals surface area contributed by atoms with Gasteiger partial charge in [0.15, 0.2) is 0 Å². The van der Waals surface area contributed by atoms with Crippen LogP contribution in [0.3, 0.4) is 0 Å². The summed E-state index contributed by atoms with van der Waals surface area (Å²) in [5.74, 6) is 1.60. The number of aliphatic hydroxyl groups is 1. The molecule has 3 heteroatoms. The van der Waals surface area contributed by atoms with E-state index in [1.165, 1.54) is 11.1 Å². The Kier molecular flexibility index (Phi) is 5.04. The van der Waals surface area contributed by atoms with Gasteiger partial charge in [0.1, 0.15) is 5.75 Å². The molecule has 1 aliphatic carbocycles. The SMILES string of the molecule is CC(C)c1cccc2c1OCCCC2NC1CCC(O)CC1. The Morgan fingerprint density at radius 1 is 1.14 bits per heavy atom. The highest BCUT2D eigenvalue weighted by molar-refractivity contribution is 5.45. The third-order valence-corrected chi connectivity index (χ3v) is 5.09. The molecular formula is C19H29NO2. The summed E-state index contributed by atoms with van der Waals surface area (Å²) in [5, 5.41) is 13.5. The third kappa shape index (κ3) is 3.47. The minimum Gasteiger partial charge on any atom is -0.493 e. The first kappa shape index (κ1) is 15.8. The summed E-state index contributed by atoms with van der Waals surface area (Å²) in [7, 11) is 0. The maximum atomic E-state index is 9.69. The molecule has 0 aromatic heterocycles. The average Bonchev–Trinajstić information content (AvgIpc) is 2.72. The molecule has 2 aliphatic rings. The minimum atomic E-state index is -0.0876. The van der Waals surface area contributed by atoms with E-state index in [4.69, 9.17) is 4.74 Å². The van der Waals surface area contributed by atoms with Crippen LogP contribution in [0.1, 0.15) is 75.5 Å². The summed E-state index contributed by atoms with van der Waals surface area (Å²) in [5.41, 5.74) is 2.65. The lowest BCUT2D eigenvalue weighted by molar-refractivity contribution is 0.114. The van der Waals surface area contributed by atoms with Crippen molar-refractivity contribution in [3.63, 3.8) is 0 Å². The van der Waals surface area contributed by atoms with Gasteiger partial charge < -0.3 is 15.2 Å².